The lowest BCUT2D eigenvalue weighted by Gasteiger charge is -2.25. The van der Waals surface area contributed by atoms with Crippen LogP contribution in [-0.2, 0) is 10.2 Å². The first kappa shape index (κ1) is 14.6. The van der Waals surface area contributed by atoms with E-state index in [0.717, 1.165) is 5.56 Å². The van der Waals surface area contributed by atoms with Crippen molar-refractivity contribution in [3.63, 3.8) is 0 Å². The molecule has 1 amide bonds. The van der Waals surface area contributed by atoms with Gasteiger partial charge in [-0.15, -0.1) is 0 Å². The molecule has 0 aliphatic heterocycles. The van der Waals surface area contributed by atoms with Crippen molar-refractivity contribution in [3.05, 3.63) is 35.6 Å². The van der Waals surface area contributed by atoms with E-state index in [1.165, 1.54) is 12.1 Å². The number of aliphatic hydroxyl groups excluding tert-OH is 1. The van der Waals surface area contributed by atoms with Crippen LogP contribution in [0, 0.1) is 11.7 Å². The summed E-state index contributed by atoms with van der Waals surface area (Å²) in [7, 11) is 0. The number of hydrogen-bond acceptors (Lipinski definition) is 2. The van der Waals surface area contributed by atoms with E-state index in [4.69, 9.17) is 5.11 Å². The van der Waals surface area contributed by atoms with Gasteiger partial charge in [-0.05, 0) is 37.5 Å². The number of halogens is 1. The fourth-order valence-corrected chi connectivity index (χ4v) is 1.55. The molecule has 0 aliphatic rings. The topological polar surface area (TPSA) is 49.3 Å². The summed E-state index contributed by atoms with van der Waals surface area (Å²) < 4.78 is 12.8. The molecule has 4 heteroatoms. The Kier molecular flexibility index (Phi) is 4.84. The van der Waals surface area contributed by atoms with E-state index in [2.05, 4.69) is 5.32 Å². The summed E-state index contributed by atoms with van der Waals surface area (Å²) in [5, 5.41) is 11.7. The van der Waals surface area contributed by atoms with Gasteiger partial charge in [-0.2, -0.15) is 0 Å². The summed E-state index contributed by atoms with van der Waals surface area (Å²) in [6.45, 7) is 5.90. The zero-order valence-corrected chi connectivity index (χ0v) is 11.0. The maximum absolute atomic E-state index is 12.8. The number of benzene rings is 1. The highest BCUT2D eigenvalue weighted by molar-refractivity contribution is 5.87. The van der Waals surface area contributed by atoms with Crippen LogP contribution in [0.15, 0.2) is 24.3 Å². The average molecular weight is 253 g/mol. The minimum Gasteiger partial charge on any atom is -0.396 e. The van der Waals surface area contributed by atoms with Crippen LogP contribution < -0.4 is 5.32 Å². The fourth-order valence-electron chi connectivity index (χ4n) is 1.55. The third-order valence-electron chi connectivity index (χ3n) is 3.06. The average Bonchev–Trinajstić information content (AvgIpc) is 2.35. The van der Waals surface area contributed by atoms with Gasteiger partial charge in [0, 0.05) is 13.2 Å². The molecule has 0 fully saturated rings. The van der Waals surface area contributed by atoms with Crippen LogP contribution in [0.5, 0.6) is 0 Å². The molecule has 0 spiro atoms. The van der Waals surface area contributed by atoms with Gasteiger partial charge in [0.1, 0.15) is 5.82 Å². The van der Waals surface area contributed by atoms with Gasteiger partial charge in [0.25, 0.3) is 0 Å². The van der Waals surface area contributed by atoms with E-state index in [9.17, 15) is 9.18 Å². The Morgan fingerprint density at radius 2 is 1.94 bits per heavy atom. The van der Waals surface area contributed by atoms with Gasteiger partial charge in [0.2, 0.25) is 5.91 Å². The molecule has 0 heterocycles. The lowest BCUT2D eigenvalue weighted by atomic mass is 9.83. The number of amides is 1. The SMILES string of the molecule is CC(CO)CNC(=O)C(C)(C)c1ccc(F)cc1. The van der Waals surface area contributed by atoms with E-state index in [-0.39, 0.29) is 24.2 Å². The Morgan fingerprint density at radius 1 is 1.39 bits per heavy atom. The Bertz CT molecular complexity index is 401. The van der Waals surface area contributed by atoms with Gasteiger partial charge >= 0.3 is 0 Å². The molecule has 0 aliphatic carbocycles. The first-order valence-electron chi connectivity index (χ1n) is 6.03. The second-order valence-corrected chi connectivity index (χ2v) is 5.13. The molecule has 3 nitrogen and oxygen atoms in total. The molecule has 1 aromatic carbocycles. The second-order valence-electron chi connectivity index (χ2n) is 5.13. The van der Waals surface area contributed by atoms with Gasteiger partial charge in [-0.3, -0.25) is 4.79 Å². The highest BCUT2D eigenvalue weighted by atomic mass is 19.1. The quantitative estimate of drug-likeness (QED) is 0.841. The zero-order chi connectivity index (χ0) is 13.8. The molecule has 100 valence electrons. The second kappa shape index (κ2) is 5.96. The first-order chi connectivity index (χ1) is 8.37. The van der Waals surface area contributed by atoms with Crippen LogP contribution in [0.1, 0.15) is 26.3 Å². The van der Waals surface area contributed by atoms with Crippen LogP contribution in [0.4, 0.5) is 4.39 Å². The van der Waals surface area contributed by atoms with E-state index < -0.39 is 5.41 Å². The largest absolute Gasteiger partial charge is 0.396 e. The normalized spacial score (nSPS) is 13.2. The van der Waals surface area contributed by atoms with Gasteiger partial charge in [0.05, 0.1) is 5.41 Å². The van der Waals surface area contributed by atoms with Crippen molar-refractivity contribution in [1.82, 2.24) is 5.32 Å². The predicted molar refractivity (Wildman–Crippen MR) is 68.7 cm³/mol. The number of carbonyl (C=O) groups excluding carboxylic acids is 1. The maximum Gasteiger partial charge on any atom is 0.230 e. The number of rotatable bonds is 5. The molecule has 0 saturated heterocycles. The van der Waals surface area contributed by atoms with Crippen LogP contribution in [0.25, 0.3) is 0 Å². The molecule has 0 radical (unpaired) electrons. The molecule has 1 atom stereocenters. The van der Waals surface area contributed by atoms with E-state index in [0.29, 0.717) is 6.54 Å². The molecule has 18 heavy (non-hydrogen) atoms. The van der Waals surface area contributed by atoms with Gasteiger partial charge in [0.15, 0.2) is 0 Å². The molecule has 0 aromatic heterocycles. The smallest absolute Gasteiger partial charge is 0.230 e. The van der Waals surface area contributed by atoms with Gasteiger partial charge in [-0.1, -0.05) is 19.1 Å². The van der Waals surface area contributed by atoms with Crippen LogP contribution in [0.3, 0.4) is 0 Å². The summed E-state index contributed by atoms with van der Waals surface area (Å²) in [5.41, 5.74) is 0.0427. The highest BCUT2D eigenvalue weighted by Crippen LogP contribution is 2.23. The number of aliphatic hydroxyl groups is 1. The van der Waals surface area contributed by atoms with Crippen molar-refractivity contribution in [2.75, 3.05) is 13.2 Å². The third-order valence-corrected chi connectivity index (χ3v) is 3.06. The standard InChI is InChI=1S/C14H20FNO2/c1-10(9-17)8-16-13(18)14(2,3)11-4-6-12(15)7-5-11/h4-7,10,17H,8-9H2,1-3H3,(H,16,18). The molecule has 1 aromatic rings. The minimum atomic E-state index is -0.719. The van der Waals surface area contributed by atoms with E-state index in [1.54, 1.807) is 26.0 Å². The van der Waals surface area contributed by atoms with E-state index >= 15 is 0 Å². The first-order valence-corrected chi connectivity index (χ1v) is 6.03. The lowest BCUT2D eigenvalue weighted by molar-refractivity contribution is -0.125. The molecule has 2 N–H and O–H groups in total. The Morgan fingerprint density at radius 3 is 2.44 bits per heavy atom. The van der Waals surface area contributed by atoms with Crippen molar-refractivity contribution in [3.8, 4) is 0 Å². The van der Waals surface area contributed by atoms with Crippen LogP contribution >= 0.6 is 0 Å². The number of hydrogen-bond donors (Lipinski definition) is 2. The Labute approximate surface area is 107 Å². The van der Waals surface area contributed by atoms with Crippen molar-refractivity contribution in [1.29, 1.82) is 0 Å². The van der Waals surface area contributed by atoms with Gasteiger partial charge in [-0.25, -0.2) is 4.39 Å². The zero-order valence-electron chi connectivity index (χ0n) is 11.0. The molecule has 1 rings (SSSR count). The molecule has 0 saturated carbocycles. The Hall–Kier alpha value is -1.42. The minimum absolute atomic E-state index is 0.0259. The predicted octanol–water partition coefficient (Wildman–Crippen LogP) is 1.85. The van der Waals surface area contributed by atoms with Crippen LogP contribution in [0.2, 0.25) is 0 Å². The third kappa shape index (κ3) is 3.53. The van der Waals surface area contributed by atoms with Crippen LogP contribution in [-0.4, -0.2) is 24.2 Å². The number of nitrogens with one attached hydrogen (secondary N) is 1. The maximum atomic E-state index is 12.8. The Balaban J connectivity index is 2.73. The van der Waals surface area contributed by atoms with Crippen molar-refractivity contribution in [2.45, 2.75) is 26.2 Å². The fraction of sp³-hybridized carbons (Fsp3) is 0.500. The van der Waals surface area contributed by atoms with Gasteiger partial charge < -0.3 is 10.4 Å². The summed E-state index contributed by atoms with van der Waals surface area (Å²) in [5.74, 6) is -0.420. The number of carbonyl (C=O) groups is 1. The molecular formula is C14H20FNO2. The summed E-state index contributed by atoms with van der Waals surface area (Å²) in [6.07, 6.45) is 0. The molecule has 0 bridgehead atoms. The summed E-state index contributed by atoms with van der Waals surface area (Å²) in [6, 6.07) is 5.93. The van der Waals surface area contributed by atoms with E-state index in [1.807, 2.05) is 6.92 Å². The molecular weight excluding hydrogens is 233 g/mol. The molecule has 1 unspecified atom stereocenters. The summed E-state index contributed by atoms with van der Waals surface area (Å²) in [4.78, 5) is 12.1. The lowest BCUT2D eigenvalue weighted by Crippen LogP contribution is -2.42. The monoisotopic (exact) mass is 253 g/mol. The van der Waals surface area contributed by atoms with Crippen molar-refractivity contribution in [2.24, 2.45) is 5.92 Å². The highest BCUT2D eigenvalue weighted by Gasteiger charge is 2.29. The summed E-state index contributed by atoms with van der Waals surface area (Å²) >= 11 is 0. The van der Waals surface area contributed by atoms with Crippen molar-refractivity contribution < 1.29 is 14.3 Å². The van der Waals surface area contributed by atoms with Crippen molar-refractivity contribution >= 4 is 5.91 Å².